The Morgan fingerprint density at radius 3 is 2.62 bits per heavy atom. The first kappa shape index (κ1) is 15.7. The Bertz CT molecular complexity index is 681. The lowest BCUT2D eigenvalue weighted by Gasteiger charge is -2.19. The fourth-order valence-corrected chi connectivity index (χ4v) is 3.07. The highest BCUT2D eigenvalue weighted by atomic mass is 32.1. The van der Waals surface area contributed by atoms with E-state index in [2.05, 4.69) is 15.5 Å². The Morgan fingerprint density at radius 1 is 1.38 bits per heavy atom. The number of hydrogen-bond acceptors (Lipinski definition) is 6. The molecule has 0 spiro atoms. The number of thiophene rings is 1. The van der Waals surface area contributed by atoms with Crippen LogP contribution in [0.1, 0.15) is 34.8 Å². The maximum absolute atomic E-state index is 12.4. The molecular formula is C14H20N4O2S. The number of aromatic nitrogens is 2. The number of aryl methyl sites for hydroxylation is 2. The van der Waals surface area contributed by atoms with Gasteiger partial charge in [0.25, 0.3) is 5.91 Å². The summed E-state index contributed by atoms with van der Waals surface area (Å²) in [6.45, 7) is 7.55. The summed E-state index contributed by atoms with van der Waals surface area (Å²) in [4.78, 5) is 13.4. The molecule has 21 heavy (non-hydrogen) atoms. The molecule has 0 radical (unpaired) electrons. The molecule has 1 atom stereocenters. The highest BCUT2D eigenvalue weighted by Gasteiger charge is 2.22. The van der Waals surface area contributed by atoms with E-state index >= 15 is 0 Å². The van der Waals surface area contributed by atoms with E-state index in [0.717, 1.165) is 16.6 Å². The van der Waals surface area contributed by atoms with Crippen LogP contribution < -0.4 is 11.1 Å². The lowest BCUT2D eigenvalue weighted by atomic mass is 10.1. The molecule has 6 nitrogen and oxygen atoms in total. The third-order valence-electron chi connectivity index (χ3n) is 3.66. The maximum atomic E-state index is 12.4. The average molecular weight is 308 g/mol. The molecule has 2 aromatic heterocycles. The summed E-state index contributed by atoms with van der Waals surface area (Å²) < 4.78 is 0. The summed E-state index contributed by atoms with van der Waals surface area (Å²) in [6.07, 6.45) is 0. The summed E-state index contributed by atoms with van der Waals surface area (Å²) in [5.74, 6) is -0.140. The van der Waals surface area contributed by atoms with Crippen LogP contribution >= 0.6 is 11.3 Å². The molecule has 0 bridgehead atoms. The topological polar surface area (TPSA) is 101 Å². The monoisotopic (exact) mass is 308 g/mol. The van der Waals surface area contributed by atoms with Crippen molar-refractivity contribution in [2.45, 2.75) is 33.7 Å². The molecule has 2 rings (SSSR count). The van der Waals surface area contributed by atoms with E-state index in [0.29, 0.717) is 15.4 Å². The second kappa shape index (κ2) is 5.95. The van der Waals surface area contributed by atoms with E-state index in [9.17, 15) is 9.90 Å². The van der Waals surface area contributed by atoms with E-state index in [1.807, 2.05) is 27.7 Å². The van der Waals surface area contributed by atoms with Gasteiger partial charge in [0.2, 0.25) is 0 Å². The van der Waals surface area contributed by atoms with Crippen molar-refractivity contribution in [1.82, 2.24) is 15.5 Å². The van der Waals surface area contributed by atoms with E-state index in [1.165, 1.54) is 11.3 Å². The first-order valence-corrected chi connectivity index (χ1v) is 7.62. The van der Waals surface area contributed by atoms with Gasteiger partial charge in [0.15, 0.2) is 0 Å². The zero-order chi connectivity index (χ0) is 15.7. The Balaban J connectivity index is 2.41. The molecule has 0 fully saturated rings. The summed E-state index contributed by atoms with van der Waals surface area (Å²) in [7, 11) is 0. The van der Waals surface area contributed by atoms with Crippen molar-refractivity contribution < 1.29 is 9.90 Å². The molecule has 0 saturated carbocycles. The standard InChI is InChI=1S/C14H20N4O2S/c1-6(2)9(5-19)16-13(20)12-11(15)10-7(3)8(4)17-18-14(10)21-12/h6,9,19H,5,15H2,1-4H3,(H,16,20)/t9-/m1/s1. The van der Waals surface area contributed by atoms with Crippen LogP contribution in [0.2, 0.25) is 0 Å². The van der Waals surface area contributed by atoms with Crippen LogP contribution in [-0.2, 0) is 0 Å². The molecule has 2 heterocycles. The molecule has 1 amide bonds. The number of fused-ring (bicyclic) bond motifs is 1. The van der Waals surface area contributed by atoms with Gasteiger partial charge >= 0.3 is 0 Å². The van der Waals surface area contributed by atoms with Gasteiger partial charge in [0, 0.05) is 5.39 Å². The van der Waals surface area contributed by atoms with Gasteiger partial charge in [-0.3, -0.25) is 4.79 Å². The predicted octanol–water partition coefficient (Wildman–Crippen LogP) is 1.64. The van der Waals surface area contributed by atoms with Crippen LogP contribution in [0.4, 0.5) is 5.69 Å². The van der Waals surface area contributed by atoms with Gasteiger partial charge in [0.05, 0.1) is 24.0 Å². The second-order valence-corrected chi connectivity index (χ2v) is 6.44. The SMILES string of the molecule is Cc1nnc2sc(C(=O)N[C@H](CO)C(C)C)c(N)c2c1C. The molecule has 114 valence electrons. The van der Waals surface area contributed by atoms with Gasteiger partial charge in [-0.15, -0.1) is 16.4 Å². The molecule has 7 heteroatoms. The molecule has 0 aliphatic rings. The Hall–Kier alpha value is -1.73. The summed E-state index contributed by atoms with van der Waals surface area (Å²) >= 11 is 1.23. The number of carbonyl (C=O) groups is 1. The zero-order valence-corrected chi connectivity index (χ0v) is 13.4. The van der Waals surface area contributed by atoms with Crippen LogP contribution in [0.25, 0.3) is 10.2 Å². The maximum Gasteiger partial charge on any atom is 0.263 e. The van der Waals surface area contributed by atoms with Crippen molar-refractivity contribution in [3.8, 4) is 0 Å². The predicted molar refractivity (Wildman–Crippen MR) is 84.5 cm³/mol. The van der Waals surface area contributed by atoms with Crippen LogP contribution in [0.5, 0.6) is 0 Å². The largest absolute Gasteiger partial charge is 0.397 e. The average Bonchev–Trinajstić information content (AvgIpc) is 2.77. The van der Waals surface area contributed by atoms with Crippen molar-refractivity contribution in [3.05, 3.63) is 16.1 Å². The molecule has 0 aromatic carbocycles. The van der Waals surface area contributed by atoms with E-state index in [-0.39, 0.29) is 24.5 Å². The third-order valence-corrected chi connectivity index (χ3v) is 4.75. The summed E-state index contributed by atoms with van der Waals surface area (Å²) in [5.41, 5.74) is 8.30. The number of aliphatic hydroxyl groups excluding tert-OH is 1. The van der Waals surface area contributed by atoms with Crippen molar-refractivity contribution in [2.75, 3.05) is 12.3 Å². The number of carbonyl (C=O) groups excluding carboxylic acids is 1. The minimum Gasteiger partial charge on any atom is -0.397 e. The Morgan fingerprint density at radius 2 is 2.05 bits per heavy atom. The number of nitrogens with one attached hydrogen (secondary N) is 1. The number of rotatable bonds is 4. The van der Waals surface area contributed by atoms with Crippen molar-refractivity contribution in [2.24, 2.45) is 5.92 Å². The highest BCUT2D eigenvalue weighted by molar-refractivity contribution is 7.21. The molecule has 0 unspecified atom stereocenters. The number of nitrogen functional groups attached to an aromatic ring is 1. The number of nitrogens with zero attached hydrogens (tertiary/aromatic N) is 2. The highest BCUT2D eigenvalue weighted by Crippen LogP contribution is 2.34. The third kappa shape index (κ3) is 2.84. The lowest BCUT2D eigenvalue weighted by Crippen LogP contribution is -2.41. The number of hydrogen-bond donors (Lipinski definition) is 3. The first-order valence-electron chi connectivity index (χ1n) is 6.80. The van der Waals surface area contributed by atoms with E-state index in [1.54, 1.807) is 0 Å². The molecule has 0 aliphatic carbocycles. The number of amides is 1. The summed E-state index contributed by atoms with van der Waals surface area (Å²) in [6, 6.07) is -0.295. The molecule has 0 aliphatic heterocycles. The molecule has 2 aromatic rings. The second-order valence-electron chi connectivity index (χ2n) is 5.44. The van der Waals surface area contributed by atoms with Crippen LogP contribution in [0, 0.1) is 19.8 Å². The van der Waals surface area contributed by atoms with Crippen LogP contribution in [0.3, 0.4) is 0 Å². The smallest absolute Gasteiger partial charge is 0.263 e. The minimum absolute atomic E-state index is 0.105. The van der Waals surface area contributed by atoms with Gasteiger partial charge in [-0.2, -0.15) is 5.10 Å². The van der Waals surface area contributed by atoms with Crippen LogP contribution in [-0.4, -0.2) is 33.9 Å². The van der Waals surface area contributed by atoms with Gasteiger partial charge in [0.1, 0.15) is 9.71 Å². The number of nitrogens with two attached hydrogens (primary N) is 1. The van der Waals surface area contributed by atoms with Gasteiger partial charge in [-0.05, 0) is 25.3 Å². The minimum atomic E-state index is -0.295. The van der Waals surface area contributed by atoms with Crippen molar-refractivity contribution >= 4 is 33.1 Å². The van der Waals surface area contributed by atoms with Crippen molar-refractivity contribution in [1.29, 1.82) is 0 Å². The van der Waals surface area contributed by atoms with Crippen molar-refractivity contribution in [3.63, 3.8) is 0 Å². The molecular weight excluding hydrogens is 288 g/mol. The number of aliphatic hydroxyl groups is 1. The molecule has 0 saturated heterocycles. The molecule has 4 N–H and O–H groups in total. The Labute approximate surface area is 127 Å². The van der Waals surface area contributed by atoms with Gasteiger partial charge in [-0.25, -0.2) is 0 Å². The number of anilines is 1. The summed E-state index contributed by atoms with van der Waals surface area (Å²) in [5, 5.41) is 21.1. The van der Waals surface area contributed by atoms with Gasteiger partial charge in [-0.1, -0.05) is 13.8 Å². The van der Waals surface area contributed by atoms with E-state index in [4.69, 9.17) is 5.73 Å². The first-order chi connectivity index (χ1) is 9.86. The zero-order valence-electron chi connectivity index (χ0n) is 12.6. The fraction of sp³-hybridized carbons (Fsp3) is 0.500. The normalized spacial score (nSPS) is 12.9. The lowest BCUT2D eigenvalue weighted by molar-refractivity contribution is 0.0902. The van der Waals surface area contributed by atoms with Gasteiger partial charge < -0.3 is 16.2 Å². The fourth-order valence-electron chi connectivity index (χ4n) is 2.07. The van der Waals surface area contributed by atoms with E-state index < -0.39 is 0 Å². The Kier molecular flexibility index (Phi) is 4.43. The quantitative estimate of drug-likeness (QED) is 0.797. The van der Waals surface area contributed by atoms with Crippen LogP contribution in [0.15, 0.2) is 0 Å².